The Kier molecular flexibility index (Phi) is 5.28. The molecule has 0 heterocycles. The predicted molar refractivity (Wildman–Crippen MR) is 89.8 cm³/mol. The molecular weight excluding hydrogens is 365 g/mol. The minimum absolute atomic E-state index is 0.0437. The zero-order valence-corrected chi connectivity index (χ0v) is 13.7. The molecule has 2 N–H and O–H groups in total. The van der Waals surface area contributed by atoms with Gasteiger partial charge in [-0.1, -0.05) is 28.1 Å². The van der Waals surface area contributed by atoms with Crippen LogP contribution in [0.5, 0.6) is 0 Å². The van der Waals surface area contributed by atoms with Crippen LogP contribution in [0, 0.1) is 5.82 Å². The lowest BCUT2D eigenvalue weighted by atomic mass is 10.1. The molecule has 0 aliphatic heterocycles. The summed E-state index contributed by atoms with van der Waals surface area (Å²) in [6, 6.07) is 10.6. The van der Waals surface area contributed by atoms with E-state index in [9.17, 15) is 14.0 Å². The van der Waals surface area contributed by atoms with Crippen molar-refractivity contribution >= 4 is 39.1 Å². The molecule has 23 heavy (non-hydrogen) atoms. The van der Waals surface area contributed by atoms with E-state index >= 15 is 0 Å². The van der Waals surface area contributed by atoms with Gasteiger partial charge in [0.1, 0.15) is 5.82 Å². The Morgan fingerprint density at radius 2 is 1.96 bits per heavy atom. The van der Waals surface area contributed by atoms with Crippen molar-refractivity contribution < 1.29 is 19.1 Å². The first-order chi connectivity index (χ1) is 10.9. The van der Waals surface area contributed by atoms with Gasteiger partial charge in [-0.3, -0.25) is 4.79 Å². The molecule has 0 aliphatic rings. The van der Waals surface area contributed by atoms with E-state index in [2.05, 4.69) is 21.2 Å². The second-order valence-corrected chi connectivity index (χ2v) is 5.74. The number of carbonyl (C=O) groups is 2. The number of nitrogens with one attached hydrogen (secondary N) is 1. The Bertz CT molecular complexity index is 802. The van der Waals surface area contributed by atoms with Crippen molar-refractivity contribution in [2.75, 3.05) is 5.32 Å². The van der Waals surface area contributed by atoms with Gasteiger partial charge < -0.3 is 10.4 Å². The lowest BCUT2D eigenvalue weighted by Gasteiger charge is -2.08. The van der Waals surface area contributed by atoms with E-state index in [1.54, 1.807) is 6.92 Å². The molecule has 0 bridgehead atoms. The average Bonchev–Trinajstić information content (AvgIpc) is 2.48. The highest BCUT2D eigenvalue weighted by Gasteiger charge is 2.13. The van der Waals surface area contributed by atoms with E-state index in [0.717, 1.165) is 22.2 Å². The summed E-state index contributed by atoms with van der Waals surface area (Å²) in [5.74, 6) is -2.48. The molecule has 0 spiro atoms. The standard InChI is InChI=1S/C17H13BrFNO3/c1-10(11-3-2-4-12(18)8-11)7-16(21)20-15-6-5-13(19)9-14(15)17(22)23/h2-9H,1H3,(H,20,21)(H,22,23)/b10-7-. The van der Waals surface area contributed by atoms with Gasteiger partial charge in [0.2, 0.25) is 5.91 Å². The van der Waals surface area contributed by atoms with Gasteiger partial charge in [0, 0.05) is 10.5 Å². The number of hydrogen-bond acceptors (Lipinski definition) is 2. The largest absolute Gasteiger partial charge is 0.478 e. The van der Waals surface area contributed by atoms with E-state index in [0.29, 0.717) is 5.57 Å². The highest BCUT2D eigenvalue weighted by molar-refractivity contribution is 9.10. The minimum atomic E-state index is -1.31. The zero-order chi connectivity index (χ0) is 17.0. The molecule has 0 fully saturated rings. The maximum Gasteiger partial charge on any atom is 0.337 e. The van der Waals surface area contributed by atoms with Crippen molar-refractivity contribution in [2.45, 2.75) is 6.92 Å². The second kappa shape index (κ2) is 7.19. The van der Waals surface area contributed by atoms with Crippen molar-refractivity contribution in [3.05, 3.63) is 70.0 Å². The van der Waals surface area contributed by atoms with Gasteiger partial charge in [-0.05, 0) is 48.4 Å². The number of anilines is 1. The fraction of sp³-hybridized carbons (Fsp3) is 0.0588. The monoisotopic (exact) mass is 377 g/mol. The van der Waals surface area contributed by atoms with Crippen molar-refractivity contribution in [1.29, 1.82) is 0 Å². The van der Waals surface area contributed by atoms with Crippen LogP contribution in [0.25, 0.3) is 5.57 Å². The number of hydrogen-bond donors (Lipinski definition) is 2. The summed E-state index contributed by atoms with van der Waals surface area (Å²) in [7, 11) is 0. The summed E-state index contributed by atoms with van der Waals surface area (Å²) in [6.07, 6.45) is 1.36. The van der Waals surface area contributed by atoms with E-state index in [1.807, 2.05) is 24.3 Å². The third-order valence-electron chi connectivity index (χ3n) is 3.10. The van der Waals surface area contributed by atoms with Gasteiger partial charge in [0.25, 0.3) is 0 Å². The number of carboxylic acid groups (broad SMARTS) is 1. The molecule has 0 saturated heterocycles. The molecule has 2 aromatic carbocycles. The molecule has 0 aliphatic carbocycles. The molecule has 1 amide bonds. The van der Waals surface area contributed by atoms with Crippen LogP contribution in [0.2, 0.25) is 0 Å². The Balaban J connectivity index is 2.23. The summed E-state index contributed by atoms with van der Waals surface area (Å²) in [6.45, 7) is 1.77. The number of benzene rings is 2. The first-order valence-corrected chi connectivity index (χ1v) is 7.44. The zero-order valence-electron chi connectivity index (χ0n) is 12.1. The number of halogens is 2. The quantitative estimate of drug-likeness (QED) is 0.779. The number of rotatable bonds is 4. The fourth-order valence-corrected chi connectivity index (χ4v) is 2.38. The van der Waals surface area contributed by atoms with Crippen LogP contribution in [0.1, 0.15) is 22.8 Å². The summed E-state index contributed by atoms with van der Waals surface area (Å²) in [4.78, 5) is 23.2. The third-order valence-corrected chi connectivity index (χ3v) is 3.59. The van der Waals surface area contributed by atoms with Crippen LogP contribution in [0.15, 0.2) is 53.0 Å². The number of carbonyl (C=O) groups excluding carboxylic acids is 1. The van der Waals surface area contributed by atoms with Gasteiger partial charge >= 0.3 is 5.97 Å². The van der Waals surface area contributed by atoms with Crippen LogP contribution < -0.4 is 5.32 Å². The molecular formula is C17H13BrFNO3. The Hall–Kier alpha value is -2.47. The number of allylic oxidation sites excluding steroid dienone is 1. The van der Waals surface area contributed by atoms with E-state index in [4.69, 9.17) is 5.11 Å². The SMILES string of the molecule is C/C(=C/C(=O)Nc1ccc(F)cc1C(=O)O)c1cccc(Br)c1. The Morgan fingerprint density at radius 3 is 2.61 bits per heavy atom. The van der Waals surface area contributed by atoms with Crippen LogP contribution in [-0.2, 0) is 4.79 Å². The van der Waals surface area contributed by atoms with Crippen molar-refractivity contribution in [1.82, 2.24) is 0 Å². The molecule has 2 aromatic rings. The maximum atomic E-state index is 13.1. The van der Waals surface area contributed by atoms with Crippen LogP contribution in [0.4, 0.5) is 10.1 Å². The lowest BCUT2D eigenvalue weighted by molar-refractivity contribution is -0.111. The minimum Gasteiger partial charge on any atom is -0.478 e. The molecule has 6 heteroatoms. The summed E-state index contributed by atoms with van der Waals surface area (Å²) >= 11 is 3.35. The average molecular weight is 378 g/mol. The number of aromatic carboxylic acids is 1. The molecule has 2 rings (SSSR count). The first-order valence-electron chi connectivity index (χ1n) is 6.65. The van der Waals surface area contributed by atoms with Gasteiger partial charge in [-0.2, -0.15) is 0 Å². The third kappa shape index (κ3) is 4.50. The summed E-state index contributed by atoms with van der Waals surface area (Å²) in [5.41, 5.74) is 1.31. The van der Waals surface area contributed by atoms with Crippen molar-refractivity contribution in [2.24, 2.45) is 0 Å². The Morgan fingerprint density at radius 1 is 1.22 bits per heavy atom. The van der Waals surface area contributed by atoms with E-state index in [1.165, 1.54) is 12.1 Å². The number of amides is 1. The predicted octanol–water partition coefficient (Wildman–Crippen LogP) is 4.33. The molecule has 4 nitrogen and oxygen atoms in total. The summed E-state index contributed by atoms with van der Waals surface area (Å²) in [5, 5.41) is 11.5. The van der Waals surface area contributed by atoms with Crippen LogP contribution >= 0.6 is 15.9 Å². The van der Waals surface area contributed by atoms with Gasteiger partial charge in [-0.15, -0.1) is 0 Å². The lowest BCUT2D eigenvalue weighted by Crippen LogP contribution is -2.12. The topological polar surface area (TPSA) is 66.4 Å². The molecule has 118 valence electrons. The van der Waals surface area contributed by atoms with Crippen molar-refractivity contribution in [3.8, 4) is 0 Å². The van der Waals surface area contributed by atoms with Crippen molar-refractivity contribution in [3.63, 3.8) is 0 Å². The van der Waals surface area contributed by atoms with E-state index < -0.39 is 17.7 Å². The smallest absolute Gasteiger partial charge is 0.337 e. The van der Waals surface area contributed by atoms with Gasteiger partial charge in [-0.25, -0.2) is 9.18 Å². The summed E-state index contributed by atoms with van der Waals surface area (Å²) < 4.78 is 14.0. The highest BCUT2D eigenvalue weighted by atomic mass is 79.9. The van der Waals surface area contributed by atoms with Gasteiger partial charge in [0.15, 0.2) is 0 Å². The number of carboxylic acids is 1. The first kappa shape index (κ1) is 16.9. The maximum absolute atomic E-state index is 13.1. The molecule has 0 unspecified atom stereocenters. The van der Waals surface area contributed by atoms with Gasteiger partial charge in [0.05, 0.1) is 11.3 Å². The molecule has 0 aromatic heterocycles. The normalized spacial score (nSPS) is 11.2. The van der Waals surface area contributed by atoms with Crippen LogP contribution in [-0.4, -0.2) is 17.0 Å². The molecule has 0 atom stereocenters. The second-order valence-electron chi connectivity index (χ2n) is 4.82. The van der Waals surface area contributed by atoms with Crippen LogP contribution in [0.3, 0.4) is 0 Å². The highest BCUT2D eigenvalue weighted by Crippen LogP contribution is 2.20. The fourth-order valence-electron chi connectivity index (χ4n) is 1.98. The molecule has 0 radical (unpaired) electrons. The Labute approximate surface area is 140 Å². The molecule has 0 saturated carbocycles. The van der Waals surface area contributed by atoms with E-state index in [-0.39, 0.29) is 11.3 Å².